The summed E-state index contributed by atoms with van der Waals surface area (Å²) < 4.78 is 30.8. The van der Waals surface area contributed by atoms with Crippen LogP contribution >= 0.6 is 11.6 Å². The van der Waals surface area contributed by atoms with Crippen molar-refractivity contribution >= 4 is 38.3 Å². The highest BCUT2D eigenvalue weighted by atomic mass is 35.5. The van der Waals surface area contributed by atoms with Crippen LogP contribution in [-0.4, -0.2) is 49.3 Å². The van der Waals surface area contributed by atoms with Gasteiger partial charge in [-0.15, -0.1) is 0 Å². The fourth-order valence-electron chi connectivity index (χ4n) is 3.71. The minimum atomic E-state index is -3.48. The number of rotatable bonds is 6. The van der Waals surface area contributed by atoms with Gasteiger partial charge in [0.05, 0.1) is 28.2 Å². The summed E-state index contributed by atoms with van der Waals surface area (Å²) in [5.41, 5.74) is 0.794. The molecule has 0 saturated heterocycles. The molecule has 0 aliphatic heterocycles. The zero-order valence-electron chi connectivity index (χ0n) is 15.6. The topological polar surface area (TPSA) is 88.2 Å². The molecule has 0 unspecified atom stereocenters. The van der Waals surface area contributed by atoms with Crippen molar-refractivity contribution in [1.29, 1.82) is 0 Å². The number of halogens is 1. The van der Waals surface area contributed by atoms with Crippen LogP contribution in [0.25, 0.3) is 11.0 Å². The Morgan fingerprint density at radius 2 is 2.07 bits per heavy atom. The quantitative estimate of drug-likeness (QED) is 0.658. The summed E-state index contributed by atoms with van der Waals surface area (Å²) in [5, 5.41) is 1.19. The summed E-state index contributed by atoms with van der Waals surface area (Å²) in [5.74, 6) is 1.50. The van der Waals surface area contributed by atoms with Gasteiger partial charge >= 0.3 is 0 Å². The van der Waals surface area contributed by atoms with E-state index >= 15 is 0 Å². The predicted molar refractivity (Wildman–Crippen MR) is 109 cm³/mol. The molecule has 2 aromatic heterocycles. The molecule has 1 aromatic carbocycles. The third-order valence-corrected chi connectivity index (χ3v) is 7.71. The number of methoxy groups -OCH3 is 1. The number of H-pyrrole nitrogens is 1. The van der Waals surface area contributed by atoms with Crippen LogP contribution in [0.15, 0.2) is 41.7 Å². The normalized spacial score (nSPS) is 19.4. The van der Waals surface area contributed by atoms with Crippen LogP contribution in [0.4, 0.5) is 5.82 Å². The number of aromatic amines is 1. The molecule has 9 heteroatoms. The van der Waals surface area contributed by atoms with Gasteiger partial charge in [-0.05, 0) is 37.0 Å². The van der Waals surface area contributed by atoms with Crippen molar-refractivity contribution in [2.24, 2.45) is 5.92 Å². The van der Waals surface area contributed by atoms with Crippen LogP contribution in [0.5, 0.6) is 5.75 Å². The molecule has 0 spiro atoms. The molecule has 0 bridgehead atoms. The molecule has 1 saturated carbocycles. The van der Waals surface area contributed by atoms with Gasteiger partial charge in [0.15, 0.2) is 9.84 Å². The molecule has 1 N–H and O–H groups in total. The number of benzene rings is 1. The first-order chi connectivity index (χ1) is 13.4. The van der Waals surface area contributed by atoms with E-state index in [9.17, 15) is 8.42 Å². The SMILES string of the molecule is COc1ccc(Cl)c(S(=O)(=O)C[C@H]2C[C@@H](N(C)c3ncnc4[nH]ccc34)C2)c1. The molecule has 2 heterocycles. The van der Waals surface area contributed by atoms with Gasteiger partial charge in [-0.3, -0.25) is 0 Å². The Bertz CT molecular complexity index is 1110. The lowest BCUT2D eigenvalue weighted by molar-refractivity contribution is 0.282. The highest BCUT2D eigenvalue weighted by Gasteiger charge is 2.37. The lowest BCUT2D eigenvalue weighted by atomic mass is 9.81. The Kier molecular flexibility index (Phi) is 4.93. The van der Waals surface area contributed by atoms with E-state index in [1.807, 2.05) is 19.3 Å². The Labute approximate surface area is 168 Å². The summed E-state index contributed by atoms with van der Waals surface area (Å²) in [4.78, 5) is 13.9. The van der Waals surface area contributed by atoms with Crippen LogP contribution in [0.3, 0.4) is 0 Å². The number of ether oxygens (including phenoxy) is 1. The molecule has 7 nitrogen and oxygen atoms in total. The van der Waals surface area contributed by atoms with Crippen LogP contribution < -0.4 is 9.64 Å². The van der Waals surface area contributed by atoms with E-state index in [1.54, 1.807) is 12.1 Å². The Hall–Kier alpha value is -2.32. The van der Waals surface area contributed by atoms with Crippen LogP contribution in [0, 0.1) is 5.92 Å². The van der Waals surface area contributed by atoms with E-state index in [4.69, 9.17) is 16.3 Å². The number of anilines is 1. The maximum absolute atomic E-state index is 12.8. The molecular weight excluding hydrogens is 400 g/mol. The molecule has 1 fully saturated rings. The maximum Gasteiger partial charge on any atom is 0.180 e. The Morgan fingerprint density at radius 1 is 1.29 bits per heavy atom. The third-order valence-electron chi connectivity index (χ3n) is 5.35. The zero-order chi connectivity index (χ0) is 19.9. The monoisotopic (exact) mass is 420 g/mol. The van der Waals surface area contributed by atoms with Crippen LogP contribution in [0.2, 0.25) is 5.02 Å². The van der Waals surface area contributed by atoms with Gasteiger partial charge in [-0.25, -0.2) is 18.4 Å². The lowest BCUT2D eigenvalue weighted by Gasteiger charge is -2.41. The molecule has 28 heavy (non-hydrogen) atoms. The minimum Gasteiger partial charge on any atom is -0.497 e. The van der Waals surface area contributed by atoms with Crippen molar-refractivity contribution in [2.45, 2.75) is 23.8 Å². The van der Waals surface area contributed by atoms with Crippen molar-refractivity contribution in [1.82, 2.24) is 15.0 Å². The first-order valence-electron chi connectivity index (χ1n) is 8.96. The lowest BCUT2D eigenvalue weighted by Crippen LogP contribution is -2.45. The van der Waals surface area contributed by atoms with Crippen molar-refractivity contribution in [3.8, 4) is 5.75 Å². The van der Waals surface area contributed by atoms with Gasteiger partial charge in [0.25, 0.3) is 0 Å². The number of fused-ring (bicyclic) bond motifs is 1. The van der Waals surface area contributed by atoms with Gasteiger partial charge < -0.3 is 14.6 Å². The molecule has 1 aliphatic rings. The van der Waals surface area contributed by atoms with Gasteiger partial charge in [0.1, 0.15) is 23.5 Å². The molecule has 148 valence electrons. The standard InChI is InChI=1S/C19H21ClN4O3S/c1-24(19-15-5-6-21-18(15)22-11-23-19)13-7-12(8-13)10-28(25,26)17-9-14(27-2)3-4-16(17)20/h3-6,9,11-13H,7-8,10H2,1-2H3,(H,21,22,23)/t12-,13+. The minimum absolute atomic E-state index is 0.0770. The zero-order valence-corrected chi connectivity index (χ0v) is 17.2. The van der Waals surface area contributed by atoms with E-state index < -0.39 is 9.84 Å². The highest BCUT2D eigenvalue weighted by molar-refractivity contribution is 7.91. The molecule has 3 aromatic rings. The Morgan fingerprint density at radius 3 is 2.82 bits per heavy atom. The third kappa shape index (κ3) is 3.42. The van der Waals surface area contributed by atoms with Crippen LogP contribution in [-0.2, 0) is 9.84 Å². The van der Waals surface area contributed by atoms with Crippen molar-refractivity contribution < 1.29 is 13.2 Å². The number of hydrogen-bond donors (Lipinski definition) is 1. The summed E-state index contributed by atoms with van der Waals surface area (Å²) in [6, 6.07) is 6.89. The predicted octanol–water partition coefficient (Wildman–Crippen LogP) is 3.31. The molecule has 0 radical (unpaired) electrons. The number of nitrogens with zero attached hydrogens (tertiary/aromatic N) is 3. The number of aromatic nitrogens is 3. The second-order valence-corrected chi connectivity index (χ2v) is 9.53. The van der Waals surface area contributed by atoms with Crippen molar-refractivity contribution in [2.75, 3.05) is 24.8 Å². The van der Waals surface area contributed by atoms with E-state index in [1.165, 1.54) is 19.5 Å². The second kappa shape index (κ2) is 7.25. The molecule has 0 atom stereocenters. The van der Waals surface area contributed by atoms with E-state index in [0.29, 0.717) is 5.75 Å². The summed E-state index contributed by atoms with van der Waals surface area (Å²) in [6.45, 7) is 0. The molecule has 0 amide bonds. The van der Waals surface area contributed by atoms with Crippen LogP contribution in [0.1, 0.15) is 12.8 Å². The Balaban J connectivity index is 1.45. The van der Waals surface area contributed by atoms with E-state index in [0.717, 1.165) is 29.7 Å². The summed E-state index contributed by atoms with van der Waals surface area (Å²) in [6.07, 6.45) is 4.95. The fourth-order valence-corrected chi connectivity index (χ4v) is 5.92. The van der Waals surface area contributed by atoms with Crippen molar-refractivity contribution in [3.05, 3.63) is 41.8 Å². The molecule has 4 rings (SSSR count). The largest absolute Gasteiger partial charge is 0.497 e. The highest BCUT2D eigenvalue weighted by Crippen LogP contribution is 2.37. The summed E-state index contributed by atoms with van der Waals surface area (Å²) in [7, 11) is 0.00557. The second-order valence-electron chi connectivity index (χ2n) is 7.12. The number of nitrogens with one attached hydrogen (secondary N) is 1. The fraction of sp³-hybridized carbons (Fsp3) is 0.368. The van der Waals surface area contributed by atoms with E-state index in [-0.39, 0.29) is 27.6 Å². The van der Waals surface area contributed by atoms with Gasteiger partial charge in [-0.2, -0.15) is 0 Å². The maximum atomic E-state index is 12.8. The average molecular weight is 421 g/mol. The van der Waals surface area contributed by atoms with E-state index in [2.05, 4.69) is 19.9 Å². The first kappa shape index (κ1) is 19.0. The summed E-state index contributed by atoms with van der Waals surface area (Å²) >= 11 is 6.13. The van der Waals surface area contributed by atoms with Crippen molar-refractivity contribution in [3.63, 3.8) is 0 Å². The van der Waals surface area contributed by atoms with Gasteiger partial charge in [0, 0.05) is 25.4 Å². The number of hydrogen-bond acceptors (Lipinski definition) is 6. The molecular formula is C19H21ClN4O3S. The molecule has 1 aliphatic carbocycles. The first-order valence-corrected chi connectivity index (χ1v) is 11.0. The average Bonchev–Trinajstić information content (AvgIpc) is 3.13. The van der Waals surface area contributed by atoms with Gasteiger partial charge in [0.2, 0.25) is 0 Å². The van der Waals surface area contributed by atoms with Gasteiger partial charge in [-0.1, -0.05) is 11.6 Å². The smallest absolute Gasteiger partial charge is 0.180 e. The number of sulfone groups is 1.